The molecule has 0 fully saturated rings. The molecule has 0 aliphatic carbocycles. The van der Waals surface area contributed by atoms with Crippen molar-refractivity contribution in [1.82, 2.24) is 10.2 Å². The van der Waals surface area contributed by atoms with Gasteiger partial charge in [0.15, 0.2) is 0 Å². The topological polar surface area (TPSA) is 68.0 Å². The van der Waals surface area contributed by atoms with Gasteiger partial charge >= 0.3 is 6.01 Å². The maximum absolute atomic E-state index is 12.3. The second-order valence-corrected chi connectivity index (χ2v) is 6.35. The van der Waals surface area contributed by atoms with Gasteiger partial charge in [0.05, 0.1) is 0 Å². The fraction of sp³-hybridized carbons (Fsp3) is 0.167. The Hall–Kier alpha value is -2.60. The van der Waals surface area contributed by atoms with E-state index in [2.05, 4.69) is 21.6 Å². The molecule has 1 amide bonds. The molecule has 24 heavy (non-hydrogen) atoms. The Morgan fingerprint density at radius 1 is 1.08 bits per heavy atom. The molecule has 0 radical (unpaired) electrons. The Balaban J connectivity index is 1.79. The number of amides is 1. The summed E-state index contributed by atoms with van der Waals surface area (Å²) >= 11 is 1.58. The van der Waals surface area contributed by atoms with Crippen LogP contribution in [0.5, 0.6) is 0 Å². The lowest BCUT2D eigenvalue weighted by Crippen LogP contribution is -2.12. The van der Waals surface area contributed by atoms with Crippen molar-refractivity contribution in [2.45, 2.75) is 18.7 Å². The van der Waals surface area contributed by atoms with Crippen LogP contribution in [0.15, 0.2) is 51.8 Å². The molecule has 122 valence electrons. The van der Waals surface area contributed by atoms with Crippen LogP contribution in [0.2, 0.25) is 0 Å². The first-order valence-electron chi connectivity index (χ1n) is 7.43. The zero-order valence-electron chi connectivity index (χ0n) is 13.7. The van der Waals surface area contributed by atoms with Crippen molar-refractivity contribution in [1.29, 1.82) is 0 Å². The predicted octanol–water partition coefficient (Wildman–Crippen LogP) is 4.33. The summed E-state index contributed by atoms with van der Waals surface area (Å²) in [6.45, 7) is 4.02. The highest BCUT2D eigenvalue weighted by atomic mass is 32.2. The lowest BCUT2D eigenvalue weighted by molar-refractivity contribution is 0.102. The number of nitrogens with zero attached hydrogens (tertiary/aromatic N) is 2. The first-order chi connectivity index (χ1) is 11.5. The summed E-state index contributed by atoms with van der Waals surface area (Å²) in [6.07, 6.45) is 1.96. The van der Waals surface area contributed by atoms with Crippen LogP contribution in [0.1, 0.15) is 21.5 Å². The van der Waals surface area contributed by atoms with Crippen LogP contribution in [0.4, 0.5) is 6.01 Å². The molecule has 0 spiro atoms. The second kappa shape index (κ2) is 6.88. The number of anilines is 1. The van der Waals surface area contributed by atoms with Gasteiger partial charge in [-0.2, -0.15) is 0 Å². The van der Waals surface area contributed by atoms with Crippen LogP contribution in [-0.4, -0.2) is 22.4 Å². The Morgan fingerprint density at radius 3 is 2.54 bits per heavy atom. The Bertz CT molecular complexity index is 869. The van der Waals surface area contributed by atoms with Gasteiger partial charge in [-0.3, -0.25) is 10.1 Å². The summed E-state index contributed by atoms with van der Waals surface area (Å²) in [4.78, 5) is 13.3. The number of aryl methyl sites for hydroxylation is 2. The summed E-state index contributed by atoms with van der Waals surface area (Å²) in [5.74, 6) is 0.108. The van der Waals surface area contributed by atoms with E-state index in [1.807, 2.05) is 50.4 Å². The van der Waals surface area contributed by atoms with Gasteiger partial charge in [0.25, 0.3) is 5.91 Å². The highest BCUT2D eigenvalue weighted by Gasteiger charge is 2.13. The van der Waals surface area contributed by atoms with E-state index in [1.54, 1.807) is 17.8 Å². The number of benzene rings is 2. The van der Waals surface area contributed by atoms with E-state index in [4.69, 9.17) is 4.42 Å². The van der Waals surface area contributed by atoms with Crippen molar-refractivity contribution in [3.8, 4) is 11.5 Å². The van der Waals surface area contributed by atoms with E-state index in [1.165, 1.54) is 0 Å². The maximum Gasteiger partial charge on any atom is 0.322 e. The molecular weight excluding hydrogens is 322 g/mol. The summed E-state index contributed by atoms with van der Waals surface area (Å²) in [6, 6.07) is 13.5. The van der Waals surface area contributed by atoms with Gasteiger partial charge in [0.1, 0.15) is 0 Å². The number of rotatable bonds is 4. The quantitative estimate of drug-likeness (QED) is 0.717. The van der Waals surface area contributed by atoms with Crippen molar-refractivity contribution < 1.29 is 9.21 Å². The molecule has 0 saturated heterocycles. The van der Waals surface area contributed by atoms with Gasteiger partial charge < -0.3 is 4.42 Å². The lowest BCUT2D eigenvalue weighted by atomic mass is 10.1. The predicted molar refractivity (Wildman–Crippen MR) is 95.4 cm³/mol. The lowest BCUT2D eigenvalue weighted by Gasteiger charge is -2.02. The van der Waals surface area contributed by atoms with Crippen LogP contribution >= 0.6 is 11.8 Å². The molecule has 0 aliphatic rings. The number of aromatic nitrogens is 2. The van der Waals surface area contributed by atoms with Gasteiger partial charge in [-0.1, -0.05) is 28.4 Å². The van der Waals surface area contributed by atoms with E-state index >= 15 is 0 Å². The molecule has 3 rings (SSSR count). The first kappa shape index (κ1) is 16.3. The van der Waals surface area contributed by atoms with Crippen molar-refractivity contribution in [2.24, 2.45) is 0 Å². The summed E-state index contributed by atoms with van der Waals surface area (Å²) in [5.41, 5.74) is 3.61. The molecule has 2 aromatic carbocycles. The molecule has 1 N–H and O–H groups in total. The van der Waals surface area contributed by atoms with Gasteiger partial charge in [-0.25, -0.2) is 0 Å². The second-order valence-electron chi connectivity index (χ2n) is 5.47. The molecule has 6 heteroatoms. The minimum atomic E-state index is -0.276. The minimum absolute atomic E-state index is 0.0868. The number of nitrogens with one attached hydrogen (secondary N) is 1. The molecule has 0 unspecified atom stereocenters. The number of thioether (sulfide) groups is 1. The van der Waals surface area contributed by atoms with Crippen LogP contribution < -0.4 is 5.32 Å². The zero-order valence-corrected chi connectivity index (χ0v) is 14.5. The normalized spacial score (nSPS) is 10.6. The SMILES string of the molecule is CSc1cccc(C(=O)Nc2nnc(-c3cc(C)cc(C)c3)o2)c1. The third-order valence-electron chi connectivity index (χ3n) is 3.45. The number of hydrogen-bond donors (Lipinski definition) is 1. The standard InChI is InChI=1S/C18H17N3O2S/c1-11-7-12(2)9-14(8-11)17-20-21-18(23-17)19-16(22)13-5-4-6-15(10-13)24-3/h4-10H,1-3H3,(H,19,21,22). The third-order valence-corrected chi connectivity index (χ3v) is 4.17. The summed E-state index contributed by atoms with van der Waals surface area (Å²) in [7, 11) is 0. The molecule has 0 bridgehead atoms. The minimum Gasteiger partial charge on any atom is -0.403 e. The molecule has 0 atom stereocenters. The van der Waals surface area contributed by atoms with Gasteiger partial charge in [0.2, 0.25) is 5.89 Å². The van der Waals surface area contributed by atoms with E-state index in [0.717, 1.165) is 21.6 Å². The Labute approximate surface area is 144 Å². The van der Waals surface area contributed by atoms with Crippen molar-refractivity contribution >= 4 is 23.7 Å². The molecule has 1 aromatic heterocycles. The van der Waals surface area contributed by atoms with Crippen molar-refractivity contribution in [3.63, 3.8) is 0 Å². The fourth-order valence-electron chi connectivity index (χ4n) is 2.42. The largest absolute Gasteiger partial charge is 0.403 e. The van der Waals surface area contributed by atoms with E-state index in [9.17, 15) is 4.79 Å². The summed E-state index contributed by atoms with van der Waals surface area (Å²) in [5, 5.41) is 10.6. The van der Waals surface area contributed by atoms with Crippen LogP contribution in [0.25, 0.3) is 11.5 Å². The van der Waals surface area contributed by atoms with Crippen molar-refractivity contribution in [3.05, 3.63) is 59.2 Å². The van der Waals surface area contributed by atoms with Crippen molar-refractivity contribution in [2.75, 3.05) is 11.6 Å². The van der Waals surface area contributed by atoms with E-state index in [-0.39, 0.29) is 11.9 Å². The highest BCUT2D eigenvalue weighted by Crippen LogP contribution is 2.23. The van der Waals surface area contributed by atoms with Gasteiger partial charge in [-0.05, 0) is 50.4 Å². The van der Waals surface area contributed by atoms with E-state index in [0.29, 0.717) is 11.5 Å². The van der Waals surface area contributed by atoms with Gasteiger partial charge in [0, 0.05) is 16.0 Å². The molecule has 0 saturated carbocycles. The third kappa shape index (κ3) is 3.65. The maximum atomic E-state index is 12.3. The first-order valence-corrected chi connectivity index (χ1v) is 8.65. The fourth-order valence-corrected chi connectivity index (χ4v) is 2.88. The number of hydrogen-bond acceptors (Lipinski definition) is 5. The molecule has 0 aliphatic heterocycles. The number of carbonyl (C=O) groups is 1. The van der Waals surface area contributed by atoms with Gasteiger partial charge in [-0.15, -0.1) is 16.9 Å². The molecule has 3 aromatic rings. The average molecular weight is 339 g/mol. The highest BCUT2D eigenvalue weighted by molar-refractivity contribution is 7.98. The van der Waals surface area contributed by atoms with Crippen LogP contribution in [-0.2, 0) is 0 Å². The molecule has 5 nitrogen and oxygen atoms in total. The summed E-state index contributed by atoms with van der Waals surface area (Å²) < 4.78 is 5.57. The Kier molecular flexibility index (Phi) is 4.66. The van der Waals surface area contributed by atoms with E-state index < -0.39 is 0 Å². The molecular formula is C18H17N3O2S. The smallest absolute Gasteiger partial charge is 0.322 e. The number of carbonyl (C=O) groups excluding carboxylic acids is 1. The Morgan fingerprint density at radius 2 is 1.83 bits per heavy atom. The van der Waals surface area contributed by atoms with Crippen LogP contribution in [0, 0.1) is 13.8 Å². The monoisotopic (exact) mass is 339 g/mol. The van der Waals surface area contributed by atoms with Crippen LogP contribution in [0.3, 0.4) is 0 Å². The zero-order chi connectivity index (χ0) is 17.1. The molecule has 1 heterocycles. The average Bonchev–Trinajstić information content (AvgIpc) is 3.02.